The highest BCUT2D eigenvalue weighted by molar-refractivity contribution is 7.13. The lowest BCUT2D eigenvalue weighted by molar-refractivity contribution is 0.0702. The Hall–Kier alpha value is -0.870. The van der Waals surface area contributed by atoms with Gasteiger partial charge in [0.1, 0.15) is 4.88 Å². The molecule has 0 radical (unpaired) electrons. The maximum atomic E-state index is 10.8. The molecule has 0 aliphatic heterocycles. The maximum absolute atomic E-state index is 10.8. The zero-order chi connectivity index (χ0) is 13.0. The van der Waals surface area contributed by atoms with Crippen LogP contribution in [-0.2, 0) is 6.54 Å². The predicted octanol–water partition coefficient (Wildman–Crippen LogP) is 3.36. The van der Waals surface area contributed by atoms with Crippen molar-refractivity contribution in [2.24, 2.45) is 11.8 Å². The van der Waals surface area contributed by atoms with Gasteiger partial charge < -0.3 is 10.4 Å². The zero-order valence-corrected chi connectivity index (χ0v) is 11.6. The van der Waals surface area contributed by atoms with Gasteiger partial charge in [0.05, 0.1) is 0 Å². The van der Waals surface area contributed by atoms with Crippen LogP contribution in [0.25, 0.3) is 0 Å². The molecule has 1 saturated carbocycles. The molecule has 0 bridgehead atoms. The van der Waals surface area contributed by atoms with Crippen molar-refractivity contribution >= 4 is 17.3 Å². The second-order valence-corrected chi connectivity index (χ2v) is 6.51. The Bertz CT molecular complexity index is 402. The van der Waals surface area contributed by atoms with E-state index < -0.39 is 5.97 Å². The van der Waals surface area contributed by atoms with E-state index in [1.54, 1.807) is 6.07 Å². The van der Waals surface area contributed by atoms with Crippen molar-refractivity contribution in [1.82, 2.24) is 5.32 Å². The molecule has 1 aromatic heterocycles. The number of hydrogen-bond donors (Lipinski definition) is 2. The van der Waals surface area contributed by atoms with Gasteiger partial charge in [0, 0.05) is 11.4 Å². The standard InChI is InChI=1S/C14H21NO2S/c1-10-3-2-4-11(7-10)8-15-9-12-5-6-13(18-12)14(16)17/h5-6,10-11,15H,2-4,7-9H2,1H3,(H,16,17). The Morgan fingerprint density at radius 1 is 1.50 bits per heavy atom. The molecular weight excluding hydrogens is 246 g/mol. The van der Waals surface area contributed by atoms with Crippen molar-refractivity contribution in [3.8, 4) is 0 Å². The van der Waals surface area contributed by atoms with Crippen LogP contribution in [0.15, 0.2) is 12.1 Å². The van der Waals surface area contributed by atoms with E-state index in [9.17, 15) is 4.79 Å². The summed E-state index contributed by atoms with van der Waals surface area (Å²) in [7, 11) is 0. The Balaban J connectivity index is 1.72. The fraction of sp³-hybridized carbons (Fsp3) is 0.643. The number of carboxylic acid groups (broad SMARTS) is 1. The van der Waals surface area contributed by atoms with Gasteiger partial charge in [0.25, 0.3) is 0 Å². The molecule has 1 aliphatic carbocycles. The van der Waals surface area contributed by atoms with E-state index in [2.05, 4.69) is 12.2 Å². The topological polar surface area (TPSA) is 49.3 Å². The molecule has 0 amide bonds. The number of rotatable bonds is 5. The third-order valence-electron chi connectivity index (χ3n) is 3.65. The van der Waals surface area contributed by atoms with Gasteiger partial charge in [-0.3, -0.25) is 0 Å². The summed E-state index contributed by atoms with van der Waals surface area (Å²) in [5, 5.41) is 12.3. The summed E-state index contributed by atoms with van der Waals surface area (Å²) in [6.45, 7) is 4.19. The van der Waals surface area contributed by atoms with Crippen LogP contribution in [0.4, 0.5) is 0 Å². The monoisotopic (exact) mass is 267 g/mol. The van der Waals surface area contributed by atoms with E-state index in [4.69, 9.17) is 5.11 Å². The van der Waals surface area contributed by atoms with Gasteiger partial charge in [-0.2, -0.15) is 0 Å². The molecule has 0 spiro atoms. The van der Waals surface area contributed by atoms with Gasteiger partial charge in [-0.05, 0) is 43.4 Å². The van der Waals surface area contributed by atoms with Crippen LogP contribution >= 0.6 is 11.3 Å². The summed E-state index contributed by atoms with van der Waals surface area (Å²) in [4.78, 5) is 12.3. The van der Waals surface area contributed by atoms with Crippen LogP contribution in [0.5, 0.6) is 0 Å². The summed E-state index contributed by atoms with van der Waals surface area (Å²) in [5.41, 5.74) is 0. The first-order chi connectivity index (χ1) is 8.65. The molecule has 1 aliphatic rings. The van der Waals surface area contributed by atoms with Gasteiger partial charge >= 0.3 is 5.97 Å². The van der Waals surface area contributed by atoms with Crippen LogP contribution in [0.2, 0.25) is 0 Å². The lowest BCUT2D eigenvalue weighted by Crippen LogP contribution is -2.26. The summed E-state index contributed by atoms with van der Waals surface area (Å²) in [5.74, 6) is 0.839. The van der Waals surface area contributed by atoms with E-state index in [1.807, 2.05) is 6.07 Å². The number of carbonyl (C=O) groups is 1. The Morgan fingerprint density at radius 3 is 3.00 bits per heavy atom. The average Bonchev–Trinajstić information content (AvgIpc) is 2.78. The largest absolute Gasteiger partial charge is 0.477 e. The van der Waals surface area contributed by atoms with E-state index in [1.165, 1.54) is 37.0 Å². The highest BCUT2D eigenvalue weighted by Crippen LogP contribution is 2.28. The summed E-state index contributed by atoms with van der Waals surface area (Å²) >= 11 is 1.37. The number of carboxylic acids is 1. The Morgan fingerprint density at radius 2 is 2.33 bits per heavy atom. The number of aromatic carboxylic acids is 1. The van der Waals surface area contributed by atoms with Crippen LogP contribution in [0.3, 0.4) is 0 Å². The number of hydrogen-bond acceptors (Lipinski definition) is 3. The van der Waals surface area contributed by atoms with Crippen molar-refractivity contribution in [3.05, 3.63) is 21.9 Å². The fourth-order valence-electron chi connectivity index (χ4n) is 2.73. The van der Waals surface area contributed by atoms with Crippen molar-refractivity contribution < 1.29 is 9.90 Å². The Labute approximate surface area is 112 Å². The van der Waals surface area contributed by atoms with E-state index in [0.717, 1.165) is 29.8 Å². The second-order valence-electron chi connectivity index (χ2n) is 5.34. The second kappa shape index (κ2) is 6.34. The minimum atomic E-state index is -0.827. The smallest absolute Gasteiger partial charge is 0.345 e. The molecule has 0 saturated heterocycles. The molecule has 2 unspecified atom stereocenters. The molecular formula is C14H21NO2S. The maximum Gasteiger partial charge on any atom is 0.345 e. The van der Waals surface area contributed by atoms with E-state index in [0.29, 0.717) is 4.88 Å². The van der Waals surface area contributed by atoms with Crippen molar-refractivity contribution in [1.29, 1.82) is 0 Å². The predicted molar refractivity (Wildman–Crippen MR) is 74.1 cm³/mol. The molecule has 2 rings (SSSR count). The van der Waals surface area contributed by atoms with Crippen molar-refractivity contribution in [3.63, 3.8) is 0 Å². The van der Waals surface area contributed by atoms with Gasteiger partial charge in [0.15, 0.2) is 0 Å². The molecule has 2 N–H and O–H groups in total. The van der Waals surface area contributed by atoms with Crippen molar-refractivity contribution in [2.45, 2.75) is 39.2 Å². The van der Waals surface area contributed by atoms with Crippen LogP contribution < -0.4 is 5.32 Å². The van der Waals surface area contributed by atoms with Gasteiger partial charge in [-0.25, -0.2) is 4.79 Å². The molecule has 1 heterocycles. The molecule has 3 nitrogen and oxygen atoms in total. The third-order valence-corrected chi connectivity index (χ3v) is 4.72. The summed E-state index contributed by atoms with van der Waals surface area (Å²) in [6.07, 6.45) is 5.40. The van der Waals surface area contributed by atoms with Crippen LogP contribution in [-0.4, -0.2) is 17.6 Å². The molecule has 1 fully saturated rings. The molecule has 2 atom stereocenters. The summed E-state index contributed by atoms with van der Waals surface area (Å²) < 4.78 is 0. The van der Waals surface area contributed by atoms with E-state index >= 15 is 0 Å². The SMILES string of the molecule is CC1CCCC(CNCc2ccc(C(=O)O)s2)C1. The van der Waals surface area contributed by atoms with Crippen LogP contribution in [0.1, 0.15) is 47.2 Å². The minimum Gasteiger partial charge on any atom is -0.477 e. The van der Waals surface area contributed by atoms with E-state index in [-0.39, 0.29) is 0 Å². The lowest BCUT2D eigenvalue weighted by atomic mass is 9.82. The minimum absolute atomic E-state index is 0.429. The number of nitrogens with one attached hydrogen (secondary N) is 1. The molecule has 0 aromatic carbocycles. The normalized spacial score (nSPS) is 24.1. The molecule has 18 heavy (non-hydrogen) atoms. The third kappa shape index (κ3) is 3.82. The fourth-order valence-corrected chi connectivity index (χ4v) is 3.55. The molecule has 4 heteroatoms. The molecule has 100 valence electrons. The molecule has 1 aromatic rings. The van der Waals surface area contributed by atoms with Gasteiger partial charge in [-0.15, -0.1) is 11.3 Å². The summed E-state index contributed by atoms with van der Waals surface area (Å²) in [6, 6.07) is 3.59. The number of thiophene rings is 1. The van der Waals surface area contributed by atoms with Gasteiger partial charge in [-0.1, -0.05) is 19.8 Å². The van der Waals surface area contributed by atoms with Crippen molar-refractivity contribution in [2.75, 3.05) is 6.54 Å². The first-order valence-corrected chi connectivity index (χ1v) is 7.49. The first-order valence-electron chi connectivity index (χ1n) is 6.68. The quantitative estimate of drug-likeness (QED) is 0.860. The van der Waals surface area contributed by atoms with Crippen LogP contribution in [0, 0.1) is 11.8 Å². The first kappa shape index (κ1) is 13.6. The average molecular weight is 267 g/mol. The highest BCUT2D eigenvalue weighted by atomic mass is 32.1. The zero-order valence-electron chi connectivity index (χ0n) is 10.8. The van der Waals surface area contributed by atoms with Gasteiger partial charge in [0.2, 0.25) is 0 Å². The Kier molecular flexibility index (Phi) is 4.78. The highest BCUT2D eigenvalue weighted by Gasteiger charge is 2.18. The lowest BCUT2D eigenvalue weighted by Gasteiger charge is -2.26.